The van der Waals surface area contributed by atoms with Gasteiger partial charge in [-0.05, 0) is 13.9 Å². The molecule has 2 aliphatic heterocycles. The summed E-state index contributed by atoms with van der Waals surface area (Å²) in [7, 11) is 1.20. The molecule has 2 rings (SSSR count). The number of nitrogens with zero attached hydrogens (tertiary/aromatic N) is 2. The van der Waals surface area contributed by atoms with Gasteiger partial charge in [-0.15, -0.1) is 0 Å². The van der Waals surface area contributed by atoms with Crippen LogP contribution in [0.15, 0.2) is 0 Å². The fraction of sp³-hybridized carbons (Fsp3) is 0.833. The van der Waals surface area contributed by atoms with Crippen molar-refractivity contribution in [2.75, 3.05) is 46.3 Å². The summed E-state index contributed by atoms with van der Waals surface area (Å²) in [5.41, 5.74) is 0. The molecule has 10 heteroatoms. The molecule has 0 aliphatic carbocycles. The Morgan fingerprint density at radius 3 is 2.27 bits per heavy atom. The highest BCUT2D eigenvalue weighted by molar-refractivity contribution is 6.45. The molecule has 5 N–H and O–H groups in total. The van der Waals surface area contributed by atoms with E-state index in [0.29, 0.717) is 19.6 Å². The van der Waals surface area contributed by atoms with E-state index in [4.69, 9.17) is 10.2 Å². The van der Waals surface area contributed by atoms with Gasteiger partial charge >= 0.3 is 19.0 Å². The van der Waals surface area contributed by atoms with Crippen molar-refractivity contribution in [3.05, 3.63) is 0 Å². The van der Waals surface area contributed by atoms with Crippen LogP contribution in [0.1, 0.15) is 0 Å². The van der Waals surface area contributed by atoms with Crippen molar-refractivity contribution in [2.24, 2.45) is 0 Å². The van der Waals surface area contributed by atoms with Crippen LogP contribution in [-0.2, 0) is 9.59 Å². The van der Waals surface area contributed by atoms with Gasteiger partial charge in [-0.3, -0.25) is 9.59 Å². The van der Waals surface area contributed by atoms with Gasteiger partial charge in [0.1, 0.15) is 12.1 Å². The molecular formula is C12H25BN4O5. The Kier molecular flexibility index (Phi) is 7.76. The summed E-state index contributed by atoms with van der Waals surface area (Å²) in [5, 5.41) is 32.5. The molecule has 0 aromatic heterocycles. The number of piperazine rings is 2. The third-order valence-corrected chi connectivity index (χ3v) is 3.73. The monoisotopic (exact) mass is 316 g/mol. The second-order valence-corrected chi connectivity index (χ2v) is 5.54. The van der Waals surface area contributed by atoms with Crippen molar-refractivity contribution < 1.29 is 24.8 Å². The lowest BCUT2D eigenvalue weighted by Gasteiger charge is -2.38. The van der Waals surface area contributed by atoms with Crippen molar-refractivity contribution in [2.45, 2.75) is 18.9 Å². The summed E-state index contributed by atoms with van der Waals surface area (Å²) in [6.45, 7) is 5.62. The Hall–Kier alpha value is -1.20. The topological polar surface area (TPSA) is 125 Å². The number of carboxylic acids is 2. The maximum atomic E-state index is 10.8. The van der Waals surface area contributed by atoms with Crippen LogP contribution in [-0.4, -0.2) is 102 Å². The van der Waals surface area contributed by atoms with Gasteiger partial charge in [0.15, 0.2) is 0 Å². The van der Waals surface area contributed by atoms with E-state index in [9.17, 15) is 14.6 Å². The minimum atomic E-state index is -0.868. The standard InChI is InChI=1S/C7H15BN2O3.C5H10N2O2/c1-8(13)10-4-3-9(2)5-6(10)7(11)12;8-5(9)4-3-6-1-2-7-4/h6,13H,3-5H2,1-2H3,(H,11,12);4,6-7H,1-3H2,(H,8,9). The fourth-order valence-corrected chi connectivity index (χ4v) is 2.43. The SMILES string of the molecule is CB(O)N1CCN(C)CC1C(=O)O.O=C(O)C1CNCCN1. The highest BCUT2D eigenvalue weighted by Gasteiger charge is 2.34. The highest BCUT2D eigenvalue weighted by atomic mass is 16.4. The van der Waals surface area contributed by atoms with Gasteiger partial charge in [-0.1, -0.05) is 0 Å². The molecule has 2 fully saturated rings. The predicted octanol–water partition coefficient (Wildman–Crippen LogP) is -2.57. The Labute approximate surface area is 130 Å². The van der Waals surface area contributed by atoms with E-state index in [1.54, 1.807) is 11.6 Å². The fourth-order valence-electron chi connectivity index (χ4n) is 2.43. The van der Waals surface area contributed by atoms with Crippen LogP contribution in [0.3, 0.4) is 0 Å². The maximum Gasteiger partial charge on any atom is 0.377 e. The average Bonchev–Trinajstić information content (AvgIpc) is 2.48. The number of hydrogen-bond acceptors (Lipinski definition) is 7. The molecule has 0 aromatic carbocycles. The van der Waals surface area contributed by atoms with Crippen LogP contribution in [0.4, 0.5) is 0 Å². The second-order valence-electron chi connectivity index (χ2n) is 5.54. The Morgan fingerprint density at radius 2 is 1.86 bits per heavy atom. The van der Waals surface area contributed by atoms with Crippen molar-refractivity contribution in [1.82, 2.24) is 20.3 Å². The van der Waals surface area contributed by atoms with Crippen molar-refractivity contribution in [1.29, 1.82) is 0 Å². The molecule has 2 atom stereocenters. The van der Waals surface area contributed by atoms with Gasteiger partial charge in [-0.2, -0.15) is 0 Å². The van der Waals surface area contributed by atoms with E-state index in [2.05, 4.69) is 10.6 Å². The number of nitrogens with one attached hydrogen (secondary N) is 2. The number of aliphatic carboxylic acids is 2. The zero-order chi connectivity index (χ0) is 16.7. The molecule has 2 saturated heterocycles. The van der Waals surface area contributed by atoms with Gasteiger partial charge in [-0.25, -0.2) is 0 Å². The first-order valence-electron chi connectivity index (χ1n) is 7.35. The van der Waals surface area contributed by atoms with Crippen LogP contribution < -0.4 is 10.6 Å². The highest BCUT2D eigenvalue weighted by Crippen LogP contribution is 2.09. The van der Waals surface area contributed by atoms with E-state index < -0.39 is 31.1 Å². The Morgan fingerprint density at radius 1 is 1.18 bits per heavy atom. The van der Waals surface area contributed by atoms with E-state index >= 15 is 0 Å². The first-order valence-corrected chi connectivity index (χ1v) is 7.35. The van der Waals surface area contributed by atoms with E-state index in [-0.39, 0.29) is 0 Å². The van der Waals surface area contributed by atoms with Gasteiger partial charge in [0.05, 0.1) is 0 Å². The molecule has 22 heavy (non-hydrogen) atoms. The molecule has 9 nitrogen and oxygen atoms in total. The molecule has 0 amide bonds. The molecule has 0 radical (unpaired) electrons. The quantitative estimate of drug-likeness (QED) is 0.357. The lowest BCUT2D eigenvalue weighted by atomic mass is 9.82. The first-order chi connectivity index (χ1) is 10.3. The summed E-state index contributed by atoms with van der Waals surface area (Å²) in [4.78, 5) is 24.6. The molecule has 2 heterocycles. The van der Waals surface area contributed by atoms with E-state index in [1.807, 2.05) is 11.9 Å². The minimum Gasteiger partial charge on any atom is -0.480 e. The number of carbonyl (C=O) groups is 2. The van der Waals surface area contributed by atoms with E-state index in [0.717, 1.165) is 19.6 Å². The second kappa shape index (κ2) is 9.06. The Balaban J connectivity index is 0.000000235. The number of hydrogen-bond donors (Lipinski definition) is 5. The molecule has 0 bridgehead atoms. The van der Waals surface area contributed by atoms with Crippen LogP contribution >= 0.6 is 0 Å². The smallest absolute Gasteiger partial charge is 0.377 e. The van der Waals surface area contributed by atoms with Gasteiger partial charge < -0.3 is 35.6 Å². The summed E-state index contributed by atoms with van der Waals surface area (Å²) >= 11 is 0. The van der Waals surface area contributed by atoms with E-state index in [1.165, 1.54) is 0 Å². The van der Waals surface area contributed by atoms with Crippen LogP contribution in [0.5, 0.6) is 0 Å². The molecule has 0 saturated carbocycles. The lowest BCUT2D eigenvalue weighted by Crippen LogP contribution is -2.59. The number of likely N-dealkylation sites (N-methyl/N-ethyl adjacent to an activating group) is 1. The van der Waals surface area contributed by atoms with Crippen LogP contribution in [0.25, 0.3) is 0 Å². The van der Waals surface area contributed by atoms with Gasteiger partial charge in [0, 0.05) is 39.3 Å². The third-order valence-electron chi connectivity index (χ3n) is 3.73. The average molecular weight is 316 g/mol. The zero-order valence-corrected chi connectivity index (χ0v) is 13.0. The largest absolute Gasteiger partial charge is 0.480 e. The van der Waals surface area contributed by atoms with Gasteiger partial charge in [0.2, 0.25) is 0 Å². The molecule has 2 unspecified atom stereocenters. The molecule has 0 aromatic rings. The van der Waals surface area contributed by atoms with Crippen LogP contribution in [0, 0.1) is 0 Å². The molecule has 126 valence electrons. The normalized spacial score (nSPS) is 26.7. The summed E-state index contributed by atoms with van der Waals surface area (Å²) in [6.07, 6.45) is 0. The third kappa shape index (κ3) is 5.89. The Bertz CT molecular complexity index is 379. The number of rotatable bonds is 3. The molecular weight excluding hydrogens is 291 g/mol. The zero-order valence-electron chi connectivity index (χ0n) is 13.0. The van der Waals surface area contributed by atoms with Crippen molar-refractivity contribution in [3.8, 4) is 0 Å². The lowest BCUT2D eigenvalue weighted by molar-refractivity contribution is -0.143. The van der Waals surface area contributed by atoms with Crippen molar-refractivity contribution >= 4 is 19.0 Å². The summed E-state index contributed by atoms with van der Waals surface area (Å²) in [6, 6.07) is -0.975. The minimum absolute atomic E-state index is 0.390. The van der Waals surface area contributed by atoms with Gasteiger partial charge in [0.25, 0.3) is 0 Å². The maximum absolute atomic E-state index is 10.8. The number of carboxylic acid groups (broad SMARTS) is 2. The van der Waals surface area contributed by atoms with Crippen LogP contribution in [0.2, 0.25) is 6.82 Å². The first kappa shape index (κ1) is 18.9. The molecule has 2 aliphatic rings. The predicted molar refractivity (Wildman–Crippen MR) is 81.8 cm³/mol. The summed E-state index contributed by atoms with van der Waals surface area (Å²) < 4.78 is 0. The van der Waals surface area contributed by atoms with Crippen molar-refractivity contribution in [3.63, 3.8) is 0 Å². The molecule has 0 spiro atoms. The summed E-state index contributed by atoms with van der Waals surface area (Å²) in [5.74, 6) is -1.64.